The minimum absolute atomic E-state index is 0.470. The van der Waals surface area contributed by atoms with Gasteiger partial charge in [0.1, 0.15) is 0 Å². The summed E-state index contributed by atoms with van der Waals surface area (Å²) in [5.41, 5.74) is 3.15. The molecule has 0 bridgehead atoms. The van der Waals surface area contributed by atoms with E-state index in [1.54, 1.807) is 0 Å². The van der Waals surface area contributed by atoms with Crippen molar-refractivity contribution in [3.8, 4) is 0 Å². The third-order valence-corrected chi connectivity index (χ3v) is 4.70. The van der Waals surface area contributed by atoms with Gasteiger partial charge in [-0.05, 0) is 55.6 Å². The van der Waals surface area contributed by atoms with Crippen LogP contribution < -0.4 is 5.32 Å². The normalized spacial score (nSPS) is 24.8. The van der Waals surface area contributed by atoms with Gasteiger partial charge in [0.15, 0.2) is 0 Å². The first-order chi connectivity index (χ1) is 8.97. The zero-order valence-electron chi connectivity index (χ0n) is 13.0. The monoisotopic (exact) mass is 259 g/mol. The van der Waals surface area contributed by atoms with Crippen molar-refractivity contribution in [3.63, 3.8) is 0 Å². The van der Waals surface area contributed by atoms with Crippen LogP contribution in [0.5, 0.6) is 0 Å². The molecule has 0 radical (unpaired) electrons. The van der Waals surface area contributed by atoms with Crippen LogP contribution in [-0.2, 0) is 0 Å². The van der Waals surface area contributed by atoms with Crippen LogP contribution in [0.3, 0.4) is 0 Å². The Bertz CT molecular complexity index is 402. The summed E-state index contributed by atoms with van der Waals surface area (Å²) in [6.07, 6.45) is 6.77. The predicted molar refractivity (Wildman–Crippen MR) is 84.6 cm³/mol. The van der Waals surface area contributed by atoms with E-state index in [4.69, 9.17) is 0 Å². The van der Waals surface area contributed by atoms with E-state index in [9.17, 15) is 0 Å². The van der Waals surface area contributed by atoms with E-state index in [1.807, 2.05) is 0 Å². The van der Waals surface area contributed by atoms with Gasteiger partial charge < -0.3 is 5.32 Å². The zero-order valence-corrected chi connectivity index (χ0v) is 13.0. The molecular formula is C18H29N. The van der Waals surface area contributed by atoms with E-state index in [0.29, 0.717) is 11.5 Å². The number of aryl methyl sites for hydroxylation is 1. The van der Waals surface area contributed by atoms with Crippen LogP contribution in [-0.4, -0.2) is 6.04 Å². The Hall–Kier alpha value is -0.980. The molecule has 1 saturated carbocycles. The van der Waals surface area contributed by atoms with Crippen molar-refractivity contribution in [1.29, 1.82) is 0 Å². The van der Waals surface area contributed by atoms with Gasteiger partial charge in [-0.25, -0.2) is 0 Å². The molecule has 1 aliphatic rings. The van der Waals surface area contributed by atoms with E-state index in [1.165, 1.54) is 43.4 Å². The number of hydrogen-bond acceptors (Lipinski definition) is 1. The highest BCUT2D eigenvalue weighted by Crippen LogP contribution is 2.37. The van der Waals surface area contributed by atoms with E-state index < -0.39 is 0 Å². The van der Waals surface area contributed by atoms with Crippen molar-refractivity contribution in [1.82, 2.24) is 0 Å². The van der Waals surface area contributed by atoms with Crippen LogP contribution in [0, 0.1) is 18.3 Å². The van der Waals surface area contributed by atoms with Crippen LogP contribution in [0.25, 0.3) is 0 Å². The number of para-hydroxylation sites is 1. The van der Waals surface area contributed by atoms with Crippen molar-refractivity contribution >= 4 is 5.69 Å². The highest BCUT2D eigenvalue weighted by atomic mass is 14.9. The lowest BCUT2D eigenvalue weighted by Crippen LogP contribution is -2.21. The van der Waals surface area contributed by atoms with Crippen LogP contribution in [0.1, 0.15) is 58.4 Å². The highest BCUT2D eigenvalue weighted by Gasteiger charge is 2.27. The van der Waals surface area contributed by atoms with Gasteiger partial charge in [0.05, 0.1) is 0 Å². The Morgan fingerprint density at radius 1 is 1.00 bits per heavy atom. The summed E-state index contributed by atoms with van der Waals surface area (Å²) in [6, 6.07) is 9.31. The average molecular weight is 259 g/mol. The summed E-state index contributed by atoms with van der Waals surface area (Å²) in [6.45, 7) is 9.38. The Morgan fingerprint density at radius 2 is 1.74 bits per heavy atom. The fourth-order valence-corrected chi connectivity index (χ4v) is 3.27. The van der Waals surface area contributed by atoms with Gasteiger partial charge in [-0.2, -0.15) is 0 Å². The molecule has 2 atom stereocenters. The van der Waals surface area contributed by atoms with Gasteiger partial charge >= 0.3 is 0 Å². The van der Waals surface area contributed by atoms with Gasteiger partial charge in [-0.3, -0.25) is 0 Å². The standard InChI is InChI=1S/C18H29N/c1-14-8-5-6-11-17(14)19-16-10-7-9-15(12-13-16)18(2,3)4/h5-6,8,11,15-16,19H,7,9-10,12-13H2,1-4H3. The minimum atomic E-state index is 0.470. The van der Waals surface area contributed by atoms with Crippen LogP contribution in [0.4, 0.5) is 5.69 Å². The molecule has 1 N–H and O–H groups in total. The van der Waals surface area contributed by atoms with E-state index in [0.717, 1.165) is 5.92 Å². The molecule has 1 heteroatoms. The summed E-state index contributed by atoms with van der Waals surface area (Å²) in [5, 5.41) is 3.76. The quantitative estimate of drug-likeness (QED) is 0.701. The molecule has 2 unspecified atom stereocenters. The second kappa shape index (κ2) is 5.98. The van der Waals surface area contributed by atoms with Gasteiger partial charge in [-0.15, -0.1) is 0 Å². The Kier molecular flexibility index (Phi) is 4.54. The van der Waals surface area contributed by atoms with Crippen LogP contribution >= 0.6 is 0 Å². The molecule has 106 valence electrons. The summed E-state index contributed by atoms with van der Waals surface area (Å²) >= 11 is 0. The van der Waals surface area contributed by atoms with Gasteiger partial charge in [0.2, 0.25) is 0 Å². The molecule has 19 heavy (non-hydrogen) atoms. The van der Waals surface area contributed by atoms with Crippen molar-refractivity contribution in [2.75, 3.05) is 5.32 Å². The van der Waals surface area contributed by atoms with E-state index >= 15 is 0 Å². The maximum absolute atomic E-state index is 3.76. The van der Waals surface area contributed by atoms with E-state index in [-0.39, 0.29) is 0 Å². The largest absolute Gasteiger partial charge is 0.382 e. The molecule has 1 aliphatic carbocycles. The third-order valence-electron chi connectivity index (χ3n) is 4.70. The molecule has 1 aromatic rings. The van der Waals surface area contributed by atoms with Crippen molar-refractivity contribution < 1.29 is 0 Å². The molecule has 2 rings (SSSR count). The number of hydrogen-bond donors (Lipinski definition) is 1. The number of anilines is 1. The van der Waals surface area contributed by atoms with Crippen LogP contribution in [0.2, 0.25) is 0 Å². The molecule has 1 nitrogen and oxygen atoms in total. The van der Waals surface area contributed by atoms with Gasteiger partial charge in [0, 0.05) is 11.7 Å². The van der Waals surface area contributed by atoms with Crippen LogP contribution in [0.15, 0.2) is 24.3 Å². The molecule has 0 aliphatic heterocycles. The van der Waals surface area contributed by atoms with Gasteiger partial charge in [0.25, 0.3) is 0 Å². The maximum atomic E-state index is 3.76. The highest BCUT2D eigenvalue weighted by molar-refractivity contribution is 5.50. The summed E-state index contributed by atoms with van der Waals surface area (Å²) < 4.78 is 0. The second-order valence-electron chi connectivity index (χ2n) is 7.23. The molecule has 0 spiro atoms. The smallest absolute Gasteiger partial charge is 0.0372 e. The van der Waals surface area contributed by atoms with E-state index in [2.05, 4.69) is 57.3 Å². The molecule has 0 saturated heterocycles. The third kappa shape index (κ3) is 3.99. The summed E-state index contributed by atoms with van der Waals surface area (Å²) in [5.74, 6) is 0.885. The summed E-state index contributed by atoms with van der Waals surface area (Å²) in [4.78, 5) is 0. The number of rotatable bonds is 2. The van der Waals surface area contributed by atoms with Crippen molar-refractivity contribution in [2.24, 2.45) is 11.3 Å². The Balaban J connectivity index is 1.95. The fourth-order valence-electron chi connectivity index (χ4n) is 3.27. The topological polar surface area (TPSA) is 12.0 Å². The minimum Gasteiger partial charge on any atom is -0.382 e. The SMILES string of the molecule is Cc1ccccc1NC1CCCC(C(C)(C)C)CC1. The zero-order chi connectivity index (χ0) is 13.9. The number of benzene rings is 1. The Labute approximate surface area is 118 Å². The molecule has 1 aromatic carbocycles. The Morgan fingerprint density at radius 3 is 2.42 bits per heavy atom. The first-order valence-corrected chi connectivity index (χ1v) is 7.79. The first kappa shape index (κ1) is 14.4. The fraction of sp³-hybridized carbons (Fsp3) is 0.667. The predicted octanol–water partition coefficient (Wildman–Crippen LogP) is 5.40. The first-order valence-electron chi connectivity index (χ1n) is 7.79. The second-order valence-corrected chi connectivity index (χ2v) is 7.23. The maximum Gasteiger partial charge on any atom is 0.0372 e. The number of nitrogens with one attached hydrogen (secondary N) is 1. The molecular weight excluding hydrogens is 230 g/mol. The van der Waals surface area contributed by atoms with Crippen molar-refractivity contribution in [2.45, 2.75) is 65.8 Å². The molecule has 1 fully saturated rings. The molecule has 0 heterocycles. The van der Waals surface area contributed by atoms with Crippen molar-refractivity contribution in [3.05, 3.63) is 29.8 Å². The summed E-state index contributed by atoms with van der Waals surface area (Å²) in [7, 11) is 0. The lowest BCUT2D eigenvalue weighted by molar-refractivity contribution is 0.214. The average Bonchev–Trinajstić information content (AvgIpc) is 2.57. The lowest BCUT2D eigenvalue weighted by atomic mass is 9.76. The van der Waals surface area contributed by atoms with Gasteiger partial charge in [-0.1, -0.05) is 45.4 Å². The molecule has 0 aromatic heterocycles. The molecule has 0 amide bonds. The lowest BCUT2D eigenvalue weighted by Gasteiger charge is -2.29.